The van der Waals surface area contributed by atoms with Gasteiger partial charge in [0.25, 0.3) is 0 Å². The van der Waals surface area contributed by atoms with Crippen molar-refractivity contribution in [2.45, 2.75) is 13.5 Å². The minimum Gasteiger partial charge on any atom is -0.434 e. The lowest BCUT2D eigenvalue weighted by Crippen LogP contribution is -2.07. The van der Waals surface area contributed by atoms with Crippen LogP contribution in [-0.4, -0.2) is 14.9 Å². The molecular formula is C18H15ClN4O3. The van der Waals surface area contributed by atoms with E-state index in [1.165, 1.54) is 6.33 Å². The Morgan fingerprint density at radius 1 is 1.12 bits per heavy atom. The van der Waals surface area contributed by atoms with Crippen molar-refractivity contribution in [3.8, 4) is 11.6 Å². The first-order valence-corrected chi connectivity index (χ1v) is 8.13. The summed E-state index contributed by atoms with van der Waals surface area (Å²) in [6, 6.07) is 14.3. The molecule has 1 aromatic heterocycles. The molecule has 0 saturated carbocycles. The highest BCUT2D eigenvalue weighted by Gasteiger charge is 2.25. The number of nitro groups is 1. The molecule has 1 N–H and O–H groups in total. The summed E-state index contributed by atoms with van der Waals surface area (Å²) in [5.41, 5.74) is 1.64. The molecule has 0 unspecified atom stereocenters. The number of nitrogens with one attached hydrogen (secondary N) is 1. The van der Waals surface area contributed by atoms with Gasteiger partial charge in [-0.1, -0.05) is 41.4 Å². The second-order valence-electron chi connectivity index (χ2n) is 5.53. The van der Waals surface area contributed by atoms with E-state index in [4.69, 9.17) is 16.3 Å². The van der Waals surface area contributed by atoms with Crippen LogP contribution in [0.2, 0.25) is 5.02 Å². The minimum atomic E-state index is -0.562. The maximum Gasteiger partial charge on any atom is 0.373 e. The van der Waals surface area contributed by atoms with Gasteiger partial charge >= 0.3 is 11.6 Å². The second-order valence-corrected chi connectivity index (χ2v) is 5.96. The number of halogens is 1. The molecule has 0 saturated heterocycles. The Morgan fingerprint density at radius 3 is 2.46 bits per heavy atom. The molecule has 0 fully saturated rings. The maximum atomic E-state index is 11.5. The van der Waals surface area contributed by atoms with Crippen LogP contribution < -0.4 is 10.1 Å². The van der Waals surface area contributed by atoms with Gasteiger partial charge in [-0.15, -0.1) is 0 Å². The van der Waals surface area contributed by atoms with Gasteiger partial charge in [0.1, 0.15) is 12.1 Å². The average Bonchev–Trinajstić information content (AvgIpc) is 2.63. The van der Waals surface area contributed by atoms with Crippen LogP contribution in [0.4, 0.5) is 11.5 Å². The van der Waals surface area contributed by atoms with E-state index in [-0.39, 0.29) is 17.4 Å². The van der Waals surface area contributed by atoms with Crippen molar-refractivity contribution in [2.75, 3.05) is 5.32 Å². The summed E-state index contributed by atoms with van der Waals surface area (Å²) in [6.45, 7) is 2.29. The molecular weight excluding hydrogens is 356 g/mol. The van der Waals surface area contributed by atoms with Crippen molar-refractivity contribution in [3.63, 3.8) is 0 Å². The minimum absolute atomic E-state index is 0.0852. The Kier molecular flexibility index (Phi) is 5.28. The van der Waals surface area contributed by atoms with E-state index in [9.17, 15) is 10.1 Å². The number of hydrogen-bond donors (Lipinski definition) is 1. The highest BCUT2D eigenvalue weighted by molar-refractivity contribution is 6.30. The smallest absolute Gasteiger partial charge is 0.373 e. The predicted molar refractivity (Wildman–Crippen MR) is 98.7 cm³/mol. The van der Waals surface area contributed by atoms with Gasteiger partial charge in [-0.05, 0) is 36.8 Å². The number of benzene rings is 2. The molecule has 3 rings (SSSR count). The molecule has 26 heavy (non-hydrogen) atoms. The lowest BCUT2D eigenvalue weighted by Gasteiger charge is -2.09. The molecule has 0 atom stereocenters. The number of nitrogens with zero attached hydrogens (tertiary/aromatic N) is 3. The summed E-state index contributed by atoms with van der Waals surface area (Å²) < 4.78 is 5.58. The van der Waals surface area contributed by atoms with Crippen molar-refractivity contribution in [1.29, 1.82) is 0 Å². The van der Waals surface area contributed by atoms with Crippen molar-refractivity contribution in [3.05, 3.63) is 81.1 Å². The van der Waals surface area contributed by atoms with E-state index in [1.807, 2.05) is 31.2 Å². The molecule has 8 heteroatoms. The van der Waals surface area contributed by atoms with Crippen molar-refractivity contribution in [1.82, 2.24) is 9.97 Å². The Morgan fingerprint density at radius 2 is 1.81 bits per heavy atom. The first-order valence-electron chi connectivity index (χ1n) is 7.75. The lowest BCUT2D eigenvalue weighted by atomic mass is 10.2. The quantitative estimate of drug-likeness (QED) is 0.497. The molecule has 0 spiro atoms. The zero-order valence-corrected chi connectivity index (χ0v) is 14.6. The van der Waals surface area contributed by atoms with E-state index < -0.39 is 4.92 Å². The highest BCUT2D eigenvalue weighted by Crippen LogP contribution is 2.34. The Labute approximate surface area is 154 Å². The van der Waals surface area contributed by atoms with Gasteiger partial charge in [0.2, 0.25) is 5.82 Å². The van der Waals surface area contributed by atoms with E-state index in [1.54, 1.807) is 24.3 Å². The van der Waals surface area contributed by atoms with Crippen LogP contribution in [0.25, 0.3) is 0 Å². The number of aryl methyl sites for hydroxylation is 1. The third kappa shape index (κ3) is 4.25. The molecule has 2 aromatic carbocycles. The number of rotatable bonds is 6. The molecule has 0 aliphatic heterocycles. The van der Waals surface area contributed by atoms with Crippen LogP contribution in [0.3, 0.4) is 0 Å². The fourth-order valence-electron chi connectivity index (χ4n) is 2.24. The summed E-state index contributed by atoms with van der Waals surface area (Å²) >= 11 is 5.86. The van der Waals surface area contributed by atoms with Gasteiger partial charge in [0, 0.05) is 11.6 Å². The zero-order valence-electron chi connectivity index (χ0n) is 13.8. The third-order valence-electron chi connectivity index (χ3n) is 3.58. The van der Waals surface area contributed by atoms with E-state index in [0.29, 0.717) is 17.3 Å². The number of anilines is 1. The molecule has 0 aliphatic carbocycles. The largest absolute Gasteiger partial charge is 0.434 e. The van der Waals surface area contributed by atoms with E-state index in [2.05, 4.69) is 15.3 Å². The van der Waals surface area contributed by atoms with E-state index in [0.717, 1.165) is 11.1 Å². The standard InChI is InChI=1S/C18H15ClN4O3/c1-12-2-8-15(9-3-12)26-18-16(23(24)25)17(21-11-22-18)20-10-13-4-6-14(19)7-5-13/h2-9,11H,10H2,1H3,(H,20,21,22). The molecule has 0 aliphatic rings. The molecule has 3 aromatic rings. The molecule has 0 bridgehead atoms. The normalized spacial score (nSPS) is 10.4. The number of hydrogen-bond acceptors (Lipinski definition) is 6. The van der Waals surface area contributed by atoms with Gasteiger partial charge in [-0.2, -0.15) is 4.98 Å². The monoisotopic (exact) mass is 370 g/mol. The van der Waals surface area contributed by atoms with Crippen molar-refractivity contribution < 1.29 is 9.66 Å². The van der Waals surface area contributed by atoms with Crippen LogP contribution >= 0.6 is 11.6 Å². The van der Waals surface area contributed by atoms with Crippen LogP contribution in [0, 0.1) is 17.0 Å². The summed E-state index contributed by atoms with van der Waals surface area (Å²) in [7, 11) is 0. The Hall–Kier alpha value is -3.19. The van der Waals surface area contributed by atoms with Gasteiger partial charge in [-0.25, -0.2) is 4.98 Å². The van der Waals surface area contributed by atoms with Gasteiger partial charge in [0.05, 0.1) is 4.92 Å². The summed E-state index contributed by atoms with van der Waals surface area (Å²) in [5.74, 6) is 0.426. The number of aromatic nitrogens is 2. The highest BCUT2D eigenvalue weighted by atomic mass is 35.5. The molecule has 0 radical (unpaired) electrons. The Bertz CT molecular complexity index is 915. The van der Waals surface area contributed by atoms with Crippen LogP contribution in [0.1, 0.15) is 11.1 Å². The average molecular weight is 371 g/mol. The van der Waals surface area contributed by atoms with Crippen molar-refractivity contribution >= 4 is 23.1 Å². The van der Waals surface area contributed by atoms with Crippen molar-refractivity contribution in [2.24, 2.45) is 0 Å². The van der Waals surface area contributed by atoms with Gasteiger partial charge in [0.15, 0.2) is 0 Å². The first kappa shape index (κ1) is 17.6. The van der Waals surface area contributed by atoms with Crippen LogP contribution in [0.5, 0.6) is 11.6 Å². The SMILES string of the molecule is Cc1ccc(Oc2ncnc(NCc3ccc(Cl)cc3)c2[N+](=O)[O-])cc1. The maximum absolute atomic E-state index is 11.5. The van der Waals surface area contributed by atoms with E-state index >= 15 is 0 Å². The van der Waals surface area contributed by atoms with Crippen LogP contribution in [0.15, 0.2) is 54.9 Å². The first-order chi connectivity index (χ1) is 12.5. The molecule has 0 amide bonds. The summed E-state index contributed by atoms with van der Waals surface area (Å²) in [6.07, 6.45) is 1.22. The summed E-state index contributed by atoms with van der Waals surface area (Å²) in [4.78, 5) is 18.9. The fraction of sp³-hybridized carbons (Fsp3) is 0.111. The molecule has 1 heterocycles. The molecule has 132 valence electrons. The number of ether oxygens (including phenoxy) is 1. The third-order valence-corrected chi connectivity index (χ3v) is 3.83. The van der Waals surface area contributed by atoms with Gasteiger partial charge in [-0.3, -0.25) is 10.1 Å². The lowest BCUT2D eigenvalue weighted by molar-refractivity contribution is -0.385. The molecule has 7 nitrogen and oxygen atoms in total. The van der Waals surface area contributed by atoms with Crippen LogP contribution in [-0.2, 0) is 6.54 Å². The predicted octanol–water partition coefficient (Wildman–Crippen LogP) is 4.75. The summed E-state index contributed by atoms with van der Waals surface area (Å²) in [5, 5.41) is 15.1. The fourth-order valence-corrected chi connectivity index (χ4v) is 2.36. The second kappa shape index (κ2) is 7.79. The van der Waals surface area contributed by atoms with Gasteiger partial charge < -0.3 is 10.1 Å². The Balaban J connectivity index is 1.84. The zero-order chi connectivity index (χ0) is 18.5. The topological polar surface area (TPSA) is 90.2 Å².